The molecule has 1 N–H and O–H groups in total. The molecule has 0 aromatic heterocycles. The Bertz CT molecular complexity index is 435. The molecule has 6 heteroatoms. The Balaban J connectivity index is 2.69. The van der Waals surface area contributed by atoms with E-state index in [1.807, 2.05) is 0 Å². The lowest BCUT2D eigenvalue weighted by atomic mass is 10.0. The zero-order valence-electron chi connectivity index (χ0n) is 9.75. The zero-order valence-corrected chi connectivity index (χ0v) is 9.75. The Morgan fingerprint density at radius 1 is 1.28 bits per heavy atom. The molecule has 0 aliphatic rings. The number of ether oxygens (including phenoxy) is 1. The fraction of sp³-hybridized carbons (Fsp3) is 0.417. The number of aliphatic hydroxyl groups is 1. The van der Waals surface area contributed by atoms with Gasteiger partial charge < -0.3 is 9.84 Å². The highest BCUT2D eigenvalue weighted by molar-refractivity contribution is 5.69. The van der Waals surface area contributed by atoms with E-state index in [1.165, 1.54) is 0 Å². The molecule has 0 fully saturated rings. The van der Waals surface area contributed by atoms with Crippen molar-refractivity contribution in [1.29, 1.82) is 0 Å². The van der Waals surface area contributed by atoms with Gasteiger partial charge in [0.15, 0.2) is 11.6 Å². The summed E-state index contributed by atoms with van der Waals surface area (Å²) >= 11 is 0. The van der Waals surface area contributed by atoms with Crippen LogP contribution in [0.15, 0.2) is 12.1 Å². The predicted octanol–water partition coefficient (Wildman–Crippen LogP) is 2.48. The Morgan fingerprint density at radius 3 is 2.50 bits per heavy atom. The van der Waals surface area contributed by atoms with Gasteiger partial charge in [-0.1, -0.05) is 0 Å². The van der Waals surface area contributed by atoms with Crippen molar-refractivity contribution in [2.75, 3.05) is 6.61 Å². The quantitative estimate of drug-likeness (QED) is 0.655. The Kier molecular flexibility index (Phi) is 5.15. The first-order valence-corrected chi connectivity index (χ1v) is 5.43. The largest absolute Gasteiger partial charge is 0.466 e. The lowest BCUT2D eigenvalue weighted by molar-refractivity contribution is -0.143. The van der Waals surface area contributed by atoms with Gasteiger partial charge in [-0.15, -0.1) is 0 Å². The number of rotatable bonds is 5. The third-order valence-corrected chi connectivity index (χ3v) is 2.33. The first-order chi connectivity index (χ1) is 8.45. The molecule has 0 saturated carbocycles. The second-order valence-electron chi connectivity index (χ2n) is 3.65. The van der Waals surface area contributed by atoms with E-state index in [0.29, 0.717) is 12.1 Å². The maximum absolute atomic E-state index is 13.3. The minimum absolute atomic E-state index is 0.124. The van der Waals surface area contributed by atoms with E-state index >= 15 is 0 Å². The number of aliphatic hydroxyl groups excluding tert-OH is 1. The minimum Gasteiger partial charge on any atom is -0.466 e. The average Bonchev–Trinajstić information content (AvgIpc) is 2.31. The van der Waals surface area contributed by atoms with Gasteiger partial charge in [-0.05, 0) is 19.4 Å². The molecule has 0 spiro atoms. The molecule has 1 rings (SSSR count). The highest BCUT2D eigenvalue weighted by Crippen LogP contribution is 2.23. The van der Waals surface area contributed by atoms with Crippen molar-refractivity contribution in [3.8, 4) is 0 Å². The smallest absolute Gasteiger partial charge is 0.305 e. The van der Waals surface area contributed by atoms with Crippen molar-refractivity contribution in [2.24, 2.45) is 0 Å². The first-order valence-electron chi connectivity index (χ1n) is 5.43. The van der Waals surface area contributed by atoms with Crippen LogP contribution in [0.5, 0.6) is 0 Å². The number of benzene rings is 1. The van der Waals surface area contributed by atoms with Gasteiger partial charge in [-0.25, -0.2) is 13.2 Å². The summed E-state index contributed by atoms with van der Waals surface area (Å²) in [7, 11) is 0. The van der Waals surface area contributed by atoms with Crippen molar-refractivity contribution in [3.63, 3.8) is 0 Å². The Hall–Kier alpha value is -1.56. The standard InChI is InChI=1S/C12H13F3O3/c1-2-18-12(17)4-3-11(16)7-5-9(14)10(15)6-8(7)13/h5-6,11,16H,2-4H2,1H3. The normalized spacial score (nSPS) is 12.3. The molecule has 1 aromatic carbocycles. The summed E-state index contributed by atoms with van der Waals surface area (Å²) in [6.07, 6.45) is -1.64. The molecule has 1 atom stereocenters. The van der Waals surface area contributed by atoms with Crippen LogP contribution >= 0.6 is 0 Å². The molecule has 0 radical (unpaired) electrons. The van der Waals surface area contributed by atoms with Crippen LogP contribution in [0, 0.1) is 17.5 Å². The predicted molar refractivity (Wildman–Crippen MR) is 57.1 cm³/mol. The van der Waals surface area contributed by atoms with Crippen molar-refractivity contribution < 1.29 is 27.8 Å². The van der Waals surface area contributed by atoms with E-state index in [9.17, 15) is 23.1 Å². The zero-order chi connectivity index (χ0) is 13.7. The molecular formula is C12H13F3O3. The van der Waals surface area contributed by atoms with Gasteiger partial charge in [0.05, 0.1) is 12.7 Å². The van der Waals surface area contributed by atoms with Gasteiger partial charge in [0.2, 0.25) is 0 Å². The molecule has 0 saturated heterocycles. The van der Waals surface area contributed by atoms with Crippen LogP contribution in [-0.4, -0.2) is 17.7 Å². The van der Waals surface area contributed by atoms with Gasteiger partial charge in [-0.2, -0.15) is 0 Å². The van der Waals surface area contributed by atoms with Gasteiger partial charge in [0, 0.05) is 18.1 Å². The number of carbonyl (C=O) groups excluding carboxylic acids is 1. The van der Waals surface area contributed by atoms with Gasteiger partial charge in [0.25, 0.3) is 0 Å². The summed E-state index contributed by atoms with van der Waals surface area (Å²) in [6.45, 7) is 1.83. The van der Waals surface area contributed by atoms with Crippen LogP contribution in [-0.2, 0) is 9.53 Å². The molecular weight excluding hydrogens is 249 g/mol. The minimum atomic E-state index is -1.38. The van der Waals surface area contributed by atoms with Crippen molar-refractivity contribution in [1.82, 2.24) is 0 Å². The molecule has 18 heavy (non-hydrogen) atoms. The summed E-state index contributed by atoms with van der Waals surface area (Å²) in [6, 6.07) is 0.943. The van der Waals surface area contributed by atoms with Crippen LogP contribution in [0.3, 0.4) is 0 Å². The number of carbonyl (C=O) groups is 1. The van der Waals surface area contributed by atoms with Gasteiger partial charge in [0.1, 0.15) is 5.82 Å². The highest BCUT2D eigenvalue weighted by Gasteiger charge is 2.18. The highest BCUT2D eigenvalue weighted by atomic mass is 19.2. The third kappa shape index (κ3) is 3.73. The van der Waals surface area contributed by atoms with E-state index in [1.54, 1.807) is 6.92 Å². The van der Waals surface area contributed by atoms with Crippen molar-refractivity contribution >= 4 is 5.97 Å². The number of halogens is 3. The maximum Gasteiger partial charge on any atom is 0.305 e. The van der Waals surface area contributed by atoms with Gasteiger partial charge in [-0.3, -0.25) is 4.79 Å². The molecule has 0 bridgehead atoms. The molecule has 1 aromatic rings. The van der Waals surface area contributed by atoms with E-state index in [0.717, 1.165) is 0 Å². The van der Waals surface area contributed by atoms with E-state index in [-0.39, 0.29) is 25.0 Å². The fourth-order valence-electron chi connectivity index (χ4n) is 1.44. The second-order valence-corrected chi connectivity index (χ2v) is 3.65. The molecule has 1 unspecified atom stereocenters. The lowest BCUT2D eigenvalue weighted by Gasteiger charge is -2.11. The third-order valence-electron chi connectivity index (χ3n) is 2.33. The summed E-state index contributed by atoms with van der Waals surface area (Å²) in [4.78, 5) is 11.0. The van der Waals surface area contributed by atoms with Crippen LogP contribution in [0.1, 0.15) is 31.4 Å². The average molecular weight is 262 g/mol. The topological polar surface area (TPSA) is 46.5 Å². The summed E-state index contributed by atoms with van der Waals surface area (Å²) in [5, 5.41) is 9.60. The Morgan fingerprint density at radius 2 is 1.89 bits per heavy atom. The van der Waals surface area contributed by atoms with E-state index in [2.05, 4.69) is 4.74 Å². The fourth-order valence-corrected chi connectivity index (χ4v) is 1.44. The number of esters is 1. The van der Waals surface area contributed by atoms with Crippen molar-refractivity contribution in [3.05, 3.63) is 35.1 Å². The van der Waals surface area contributed by atoms with Gasteiger partial charge >= 0.3 is 5.97 Å². The van der Waals surface area contributed by atoms with E-state index in [4.69, 9.17) is 0 Å². The summed E-state index contributed by atoms with van der Waals surface area (Å²) in [5.41, 5.74) is -0.377. The molecule has 3 nitrogen and oxygen atoms in total. The monoisotopic (exact) mass is 262 g/mol. The summed E-state index contributed by atoms with van der Waals surface area (Å²) < 4.78 is 43.5. The molecule has 0 aliphatic carbocycles. The van der Waals surface area contributed by atoms with Crippen LogP contribution in [0.2, 0.25) is 0 Å². The number of hydrogen-bond donors (Lipinski definition) is 1. The second kappa shape index (κ2) is 6.39. The SMILES string of the molecule is CCOC(=O)CCC(O)c1cc(F)c(F)cc1F. The molecule has 0 aliphatic heterocycles. The van der Waals surface area contributed by atoms with Crippen molar-refractivity contribution in [2.45, 2.75) is 25.9 Å². The van der Waals surface area contributed by atoms with Crippen LogP contribution in [0.4, 0.5) is 13.2 Å². The maximum atomic E-state index is 13.3. The van der Waals surface area contributed by atoms with Crippen LogP contribution < -0.4 is 0 Å². The Labute approximate surface area is 102 Å². The molecule has 100 valence electrons. The summed E-state index contributed by atoms with van der Waals surface area (Å²) in [5.74, 6) is -4.17. The van der Waals surface area contributed by atoms with E-state index < -0.39 is 29.5 Å². The van der Waals surface area contributed by atoms with Crippen LogP contribution in [0.25, 0.3) is 0 Å². The molecule has 0 heterocycles. The lowest BCUT2D eigenvalue weighted by Crippen LogP contribution is -2.08. The first kappa shape index (κ1) is 14.5. The molecule has 0 amide bonds. The number of hydrogen-bond acceptors (Lipinski definition) is 3.